The normalized spacial score (nSPS) is 12.4. The quantitative estimate of drug-likeness (QED) is 0.818. The summed E-state index contributed by atoms with van der Waals surface area (Å²) < 4.78 is 13.8. The number of nitrogens with one attached hydrogen (secondary N) is 1. The molecule has 0 heterocycles. The molecule has 0 spiro atoms. The predicted octanol–water partition coefficient (Wildman–Crippen LogP) is 4.59. The molecule has 2 aromatic carbocycles. The molecule has 0 radical (unpaired) electrons. The van der Waals surface area contributed by atoms with Crippen molar-refractivity contribution in [2.24, 2.45) is 0 Å². The Morgan fingerprint density at radius 1 is 1.00 bits per heavy atom. The van der Waals surface area contributed by atoms with E-state index in [1.807, 2.05) is 12.1 Å². The molecule has 2 aromatic rings. The zero-order chi connectivity index (χ0) is 15.2. The molecule has 1 atom stereocenters. The fourth-order valence-corrected chi connectivity index (χ4v) is 2.53. The van der Waals surface area contributed by atoms with Gasteiger partial charge in [-0.25, -0.2) is 4.39 Å². The molecule has 0 saturated carbocycles. The first-order valence-electron chi connectivity index (χ1n) is 7.71. The predicted molar refractivity (Wildman–Crippen MR) is 87.1 cm³/mol. The Labute approximate surface area is 127 Å². The van der Waals surface area contributed by atoms with Gasteiger partial charge in [0.1, 0.15) is 5.82 Å². The highest BCUT2D eigenvalue weighted by molar-refractivity contribution is 5.29. The average molecular weight is 285 g/mol. The Balaban J connectivity index is 2.19. The van der Waals surface area contributed by atoms with Gasteiger partial charge >= 0.3 is 0 Å². The van der Waals surface area contributed by atoms with E-state index in [9.17, 15) is 4.39 Å². The minimum atomic E-state index is -0.128. The van der Waals surface area contributed by atoms with Crippen molar-refractivity contribution in [3.8, 4) is 0 Å². The molecule has 0 aromatic heterocycles. The van der Waals surface area contributed by atoms with Gasteiger partial charge < -0.3 is 5.32 Å². The maximum Gasteiger partial charge on any atom is 0.126 e. The molecule has 0 aliphatic rings. The van der Waals surface area contributed by atoms with Crippen LogP contribution in [0.4, 0.5) is 4.39 Å². The summed E-state index contributed by atoms with van der Waals surface area (Å²) in [5.74, 6) is -0.128. The van der Waals surface area contributed by atoms with Gasteiger partial charge in [0.05, 0.1) is 0 Å². The van der Waals surface area contributed by atoms with E-state index in [2.05, 4.69) is 43.4 Å². The SMILES string of the molecule is CCNC(Cc1ccc(CC)cc1)c1ccc(C)c(F)c1. The van der Waals surface area contributed by atoms with Crippen LogP contribution in [0.2, 0.25) is 0 Å². The van der Waals surface area contributed by atoms with Crippen LogP contribution in [-0.2, 0) is 12.8 Å². The zero-order valence-corrected chi connectivity index (χ0v) is 13.1. The Morgan fingerprint density at radius 2 is 1.67 bits per heavy atom. The summed E-state index contributed by atoms with van der Waals surface area (Å²) in [7, 11) is 0. The number of halogens is 1. The lowest BCUT2D eigenvalue weighted by Crippen LogP contribution is -2.23. The monoisotopic (exact) mass is 285 g/mol. The molecule has 0 aliphatic carbocycles. The van der Waals surface area contributed by atoms with Gasteiger partial charge in [0.25, 0.3) is 0 Å². The van der Waals surface area contributed by atoms with Crippen LogP contribution in [-0.4, -0.2) is 6.54 Å². The van der Waals surface area contributed by atoms with Crippen molar-refractivity contribution in [1.29, 1.82) is 0 Å². The van der Waals surface area contributed by atoms with Crippen LogP contribution in [0.15, 0.2) is 42.5 Å². The summed E-state index contributed by atoms with van der Waals surface area (Å²) in [6.07, 6.45) is 1.93. The second kappa shape index (κ2) is 7.37. The lowest BCUT2D eigenvalue weighted by atomic mass is 9.97. The smallest absolute Gasteiger partial charge is 0.126 e. The van der Waals surface area contributed by atoms with Crippen molar-refractivity contribution in [3.05, 3.63) is 70.5 Å². The lowest BCUT2D eigenvalue weighted by molar-refractivity contribution is 0.541. The molecule has 1 N–H and O–H groups in total. The van der Waals surface area contributed by atoms with E-state index in [-0.39, 0.29) is 11.9 Å². The van der Waals surface area contributed by atoms with Gasteiger partial charge in [0.15, 0.2) is 0 Å². The van der Waals surface area contributed by atoms with Crippen LogP contribution < -0.4 is 5.32 Å². The third kappa shape index (κ3) is 4.15. The van der Waals surface area contributed by atoms with Gasteiger partial charge in [-0.15, -0.1) is 0 Å². The summed E-state index contributed by atoms with van der Waals surface area (Å²) in [6, 6.07) is 14.4. The molecule has 21 heavy (non-hydrogen) atoms. The molecule has 0 saturated heterocycles. The first-order chi connectivity index (χ1) is 10.1. The second-order valence-corrected chi connectivity index (χ2v) is 5.49. The van der Waals surface area contributed by atoms with E-state index in [0.717, 1.165) is 24.9 Å². The standard InChI is InChI=1S/C19H24FN/c1-4-15-7-9-16(10-8-15)12-19(21-5-2)17-11-6-14(3)18(20)13-17/h6-11,13,19,21H,4-5,12H2,1-3H3. The molecule has 112 valence electrons. The lowest BCUT2D eigenvalue weighted by Gasteiger charge is -2.19. The Bertz CT molecular complexity index is 575. The van der Waals surface area contributed by atoms with E-state index in [1.165, 1.54) is 11.1 Å². The second-order valence-electron chi connectivity index (χ2n) is 5.49. The topological polar surface area (TPSA) is 12.0 Å². The maximum absolute atomic E-state index is 13.8. The summed E-state index contributed by atoms with van der Waals surface area (Å²) >= 11 is 0. The van der Waals surface area contributed by atoms with Crippen molar-refractivity contribution in [2.45, 2.75) is 39.7 Å². The maximum atomic E-state index is 13.8. The minimum absolute atomic E-state index is 0.128. The molecule has 1 nitrogen and oxygen atoms in total. The van der Waals surface area contributed by atoms with Crippen molar-refractivity contribution in [1.82, 2.24) is 5.32 Å². The van der Waals surface area contributed by atoms with Gasteiger partial charge in [-0.1, -0.05) is 50.2 Å². The van der Waals surface area contributed by atoms with Crippen molar-refractivity contribution >= 4 is 0 Å². The zero-order valence-electron chi connectivity index (χ0n) is 13.1. The molecule has 0 bridgehead atoms. The van der Waals surface area contributed by atoms with Crippen LogP contribution in [0, 0.1) is 12.7 Å². The molecular weight excluding hydrogens is 261 g/mol. The fraction of sp³-hybridized carbons (Fsp3) is 0.368. The van der Waals surface area contributed by atoms with Gasteiger partial charge in [-0.2, -0.15) is 0 Å². The van der Waals surface area contributed by atoms with Gasteiger partial charge in [0.2, 0.25) is 0 Å². The summed E-state index contributed by atoms with van der Waals surface area (Å²) in [5.41, 5.74) is 4.33. The van der Waals surface area contributed by atoms with E-state index in [4.69, 9.17) is 0 Å². The molecule has 0 fully saturated rings. The van der Waals surface area contributed by atoms with Crippen molar-refractivity contribution in [3.63, 3.8) is 0 Å². The number of hydrogen-bond acceptors (Lipinski definition) is 1. The summed E-state index contributed by atoms with van der Waals surface area (Å²) in [4.78, 5) is 0. The highest BCUT2D eigenvalue weighted by Crippen LogP contribution is 2.21. The molecule has 0 amide bonds. The van der Waals surface area contributed by atoms with Crippen LogP contribution in [0.1, 0.15) is 42.1 Å². The van der Waals surface area contributed by atoms with E-state index in [1.54, 1.807) is 13.0 Å². The van der Waals surface area contributed by atoms with Crippen molar-refractivity contribution in [2.75, 3.05) is 6.54 Å². The Kier molecular flexibility index (Phi) is 5.51. The van der Waals surface area contributed by atoms with Crippen LogP contribution >= 0.6 is 0 Å². The number of likely N-dealkylation sites (N-methyl/N-ethyl adjacent to an activating group) is 1. The molecule has 1 unspecified atom stereocenters. The molecule has 2 heteroatoms. The Morgan fingerprint density at radius 3 is 2.24 bits per heavy atom. The van der Waals surface area contributed by atoms with Crippen LogP contribution in [0.25, 0.3) is 0 Å². The minimum Gasteiger partial charge on any atom is -0.310 e. The highest BCUT2D eigenvalue weighted by Gasteiger charge is 2.12. The third-order valence-electron chi connectivity index (χ3n) is 3.92. The van der Waals surface area contributed by atoms with Gasteiger partial charge in [-0.3, -0.25) is 0 Å². The largest absolute Gasteiger partial charge is 0.310 e. The average Bonchev–Trinajstić information content (AvgIpc) is 2.50. The molecule has 0 aliphatic heterocycles. The van der Waals surface area contributed by atoms with Crippen LogP contribution in [0.5, 0.6) is 0 Å². The van der Waals surface area contributed by atoms with Crippen LogP contribution in [0.3, 0.4) is 0 Å². The first-order valence-corrected chi connectivity index (χ1v) is 7.71. The molecule has 2 rings (SSSR count). The molecular formula is C19H24FN. The van der Waals surface area contributed by atoms with E-state index >= 15 is 0 Å². The number of hydrogen-bond donors (Lipinski definition) is 1. The Hall–Kier alpha value is -1.67. The van der Waals surface area contributed by atoms with E-state index in [0.29, 0.717) is 5.56 Å². The number of aryl methyl sites for hydroxylation is 2. The highest BCUT2D eigenvalue weighted by atomic mass is 19.1. The van der Waals surface area contributed by atoms with Gasteiger partial charge in [-0.05, 0) is 54.6 Å². The summed E-state index contributed by atoms with van der Waals surface area (Å²) in [6.45, 7) is 6.90. The number of rotatable bonds is 6. The number of benzene rings is 2. The summed E-state index contributed by atoms with van der Waals surface area (Å²) in [5, 5.41) is 3.46. The fourth-order valence-electron chi connectivity index (χ4n) is 2.53. The third-order valence-corrected chi connectivity index (χ3v) is 3.92. The first kappa shape index (κ1) is 15.7. The van der Waals surface area contributed by atoms with Crippen molar-refractivity contribution < 1.29 is 4.39 Å². The van der Waals surface area contributed by atoms with E-state index < -0.39 is 0 Å². The van der Waals surface area contributed by atoms with Gasteiger partial charge in [0, 0.05) is 6.04 Å².